The van der Waals surface area contributed by atoms with Crippen molar-refractivity contribution in [1.82, 2.24) is 0 Å². The van der Waals surface area contributed by atoms with E-state index in [2.05, 4.69) is 0 Å². The molecule has 2 aliphatic rings. The normalized spacial score (nSPS) is 26.2. The van der Waals surface area contributed by atoms with Crippen LogP contribution in [0.1, 0.15) is 32.3 Å². The van der Waals surface area contributed by atoms with Gasteiger partial charge < -0.3 is 9.47 Å². The Morgan fingerprint density at radius 1 is 1.04 bits per heavy atom. The Labute approximate surface area is 134 Å². The fraction of sp³-hybridized carbons (Fsp3) is 0.389. The lowest BCUT2D eigenvalue weighted by Crippen LogP contribution is -2.31. The minimum Gasteiger partial charge on any atom is -0.458 e. The molecular formula is C18H18O5. The van der Waals surface area contributed by atoms with Crippen LogP contribution in [0.5, 0.6) is 0 Å². The molecule has 0 aromatic heterocycles. The summed E-state index contributed by atoms with van der Waals surface area (Å²) in [7, 11) is 0. The van der Waals surface area contributed by atoms with E-state index >= 15 is 0 Å². The largest absolute Gasteiger partial charge is 0.458 e. The first-order valence-corrected chi connectivity index (χ1v) is 7.64. The van der Waals surface area contributed by atoms with Crippen LogP contribution in [0.2, 0.25) is 0 Å². The lowest BCUT2D eigenvalue weighted by molar-refractivity contribution is -0.160. The van der Waals surface area contributed by atoms with Gasteiger partial charge in [-0.3, -0.25) is 14.4 Å². The van der Waals surface area contributed by atoms with Crippen LogP contribution in [0.25, 0.3) is 5.57 Å². The van der Waals surface area contributed by atoms with Gasteiger partial charge in [0.2, 0.25) is 0 Å². The quantitative estimate of drug-likeness (QED) is 0.801. The van der Waals surface area contributed by atoms with Gasteiger partial charge in [0.05, 0.1) is 0 Å². The van der Waals surface area contributed by atoms with Crippen molar-refractivity contribution in [3.05, 3.63) is 41.5 Å². The molecule has 0 spiro atoms. The van der Waals surface area contributed by atoms with Crippen LogP contribution in [0.4, 0.5) is 0 Å². The van der Waals surface area contributed by atoms with Gasteiger partial charge in [0.1, 0.15) is 6.10 Å². The van der Waals surface area contributed by atoms with Crippen molar-refractivity contribution in [2.24, 2.45) is 5.92 Å². The van der Waals surface area contributed by atoms with Crippen LogP contribution in [-0.4, -0.2) is 29.9 Å². The van der Waals surface area contributed by atoms with E-state index in [9.17, 15) is 14.4 Å². The molecule has 120 valence electrons. The predicted molar refractivity (Wildman–Crippen MR) is 82.2 cm³/mol. The molecule has 0 aliphatic heterocycles. The van der Waals surface area contributed by atoms with Gasteiger partial charge in [-0.05, 0) is 23.5 Å². The van der Waals surface area contributed by atoms with Crippen LogP contribution in [0.15, 0.2) is 35.9 Å². The second kappa shape index (κ2) is 5.99. The number of rotatable bonds is 3. The summed E-state index contributed by atoms with van der Waals surface area (Å²) in [6.45, 7) is 2.65. The van der Waals surface area contributed by atoms with E-state index in [0.717, 1.165) is 11.1 Å². The summed E-state index contributed by atoms with van der Waals surface area (Å²) in [6, 6.07) is 9.34. The molecule has 0 heterocycles. The SMILES string of the molecule is CC(=O)O[C@H]1C[C@H]2CC(=O)C(c3ccccc3)=C2[C@@H]1OC(C)=O. The predicted octanol–water partition coefficient (Wildman–Crippen LogP) is 2.30. The third-order valence-electron chi connectivity index (χ3n) is 4.27. The number of hydrogen-bond donors (Lipinski definition) is 0. The minimum atomic E-state index is -0.678. The lowest BCUT2D eigenvalue weighted by Gasteiger charge is -2.21. The Morgan fingerprint density at radius 2 is 1.70 bits per heavy atom. The molecule has 0 bridgehead atoms. The highest BCUT2D eigenvalue weighted by molar-refractivity contribution is 6.24. The molecule has 1 fully saturated rings. The van der Waals surface area contributed by atoms with Crippen LogP contribution in [0, 0.1) is 5.92 Å². The zero-order chi connectivity index (χ0) is 16.6. The first-order chi connectivity index (χ1) is 11.0. The van der Waals surface area contributed by atoms with E-state index in [0.29, 0.717) is 18.4 Å². The van der Waals surface area contributed by atoms with Crippen molar-refractivity contribution in [1.29, 1.82) is 0 Å². The van der Waals surface area contributed by atoms with Gasteiger partial charge in [-0.2, -0.15) is 0 Å². The molecule has 2 aliphatic carbocycles. The van der Waals surface area contributed by atoms with Gasteiger partial charge in [0.15, 0.2) is 11.9 Å². The first kappa shape index (κ1) is 15.5. The number of carbonyl (C=O) groups excluding carboxylic acids is 3. The number of ether oxygens (including phenoxy) is 2. The summed E-state index contributed by atoms with van der Waals surface area (Å²) < 4.78 is 10.7. The molecule has 0 radical (unpaired) electrons. The topological polar surface area (TPSA) is 69.7 Å². The molecule has 1 saturated carbocycles. The van der Waals surface area contributed by atoms with Crippen molar-refractivity contribution < 1.29 is 23.9 Å². The maximum atomic E-state index is 12.4. The average molecular weight is 314 g/mol. The smallest absolute Gasteiger partial charge is 0.303 e. The number of ketones is 1. The molecule has 0 N–H and O–H groups in total. The Bertz CT molecular complexity index is 689. The van der Waals surface area contributed by atoms with Crippen molar-refractivity contribution in [3.63, 3.8) is 0 Å². The highest BCUT2D eigenvalue weighted by Crippen LogP contribution is 2.47. The highest BCUT2D eigenvalue weighted by Gasteiger charge is 2.49. The average Bonchev–Trinajstić information content (AvgIpc) is 2.95. The molecule has 0 unspecified atom stereocenters. The lowest BCUT2D eigenvalue weighted by atomic mass is 9.98. The van der Waals surface area contributed by atoms with Crippen molar-refractivity contribution in [2.45, 2.75) is 38.9 Å². The van der Waals surface area contributed by atoms with E-state index in [4.69, 9.17) is 9.47 Å². The molecule has 0 saturated heterocycles. The fourth-order valence-electron chi connectivity index (χ4n) is 3.56. The second-order valence-electron chi connectivity index (χ2n) is 5.93. The molecule has 1 aromatic carbocycles. The van der Waals surface area contributed by atoms with Crippen LogP contribution in [0.3, 0.4) is 0 Å². The van der Waals surface area contributed by atoms with Crippen molar-refractivity contribution in [3.8, 4) is 0 Å². The Kier molecular flexibility index (Phi) is 4.03. The number of Topliss-reactive ketones (excluding diaryl/α,β-unsaturated/α-hetero) is 1. The van der Waals surface area contributed by atoms with Gasteiger partial charge in [-0.1, -0.05) is 30.3 Å². The molecule has 3 rings (SSSR count). The number of benzene rings is 1. The van der Waals surface area contributed by atoms with Gasteiger partial charge >= 0.3 is 11.9 Å². The summed E-state index contributed by atoms with van der Waals surface area (Å²) in [5.74, 6) is -0.853. The maximum Gasteiger partial charge on any atom is 0.303 e. The summed E-state index contributed by atoms with van der Waals surface area (Å²) >= 11 is 0. The van der Waals surface area contributed by atoms with Gasteiger partial charge in [-0.25, -0.2) is 0 Å². The number of hydrogen-bond acceptors (Lipinski definition) is 5. The summed E-state index contributed by atoms with van der Waals surface area (Å²) in [4.78, 5) is 35.2. The Balaban J connectivity index is 2.05. The molecule has 5 heteroatoms. The van der Waals surface area contributed by atoms with Crippen LogP contribution >= 0.6 is 0 Å². The zero-order valence-electron chi connectivity index (χ0n) is 13.1. The summed E-state index contributed by atoms with van der Waals surface area (Å²) in [5.41, 5.74) is 2.22. The second-order valence-corrected chi connectivity index (χ2v) is 5.93. The fourth-order valence-corrected chi connectivity index (χ4v) is 3.56. The van der Waals surface area contributed by atoms with Crippen molar-refractivity contribution in [2.75, 3.05) is 0 Å². The molecule has 3 atom stereocenters. The van der Waals surface area contributed by atoms with E-state index in [1.807, 2.05) is 30.3 Å². The number of allylic oxidation sites excluding steroid dienone is 1. The first-order valence-electron chi connectivity index (χ1n) is 7.64. The molecule has 23 heavy (non-hydrogen) atoms. The van der Waals surface area contributed by atoms with E-state index in [-0.39, 0.29) is 11.7 Å². The number of esters is 2. The van der Waals surface area contributed by atoms with Crippen LogP contribution in [-0.2, 0) is 23.9 Å². The van der Waals surface area contributed by atoms with Gasteiger partial charge in [-0.15, -0.1) is 0 Å². The number of carbonyl (C=O) groups is 3. The van der Waals surface area contributed by atoms with E-state index in [1.165, 1.54) is 13.8 Å². The molecule has 1 aromatic rings. The Hall–Kier alpha value is -2.43. The summed E-state index contributed by atoms with van der Waals surface area (Å²) in [6.07, 6.45) is -0.324. The third-order valence-corrected chi connectivity index (χ3v) is 4.27. The monoisotopic (exact) mass is 314 g/mol. The maximum absolute atomic E-state index is 12.4. The van der Waals surface area contributed by atoms with Crippen molar-refractivity contribution >= 4 is 23.3 Å². The third kappa shape index (κ3) is 2.91. The molecular weight excluding hydrogens is 296 g/mol. The zero-order valence-corrected chi connectivity index (χ0v) is 13.1. The van der Waals surface area contributed by atoms with E-state index < -0.39 is 24.1 Å². The minimum absolute atomic E-state index is 0.0357. The van der Waals surface area contributed by atoms with Gasteiger partial charge in [0.25, 0.3) is 0 Å². The highest BCUT2D eigenvalue weighted by atomic mass is 16.6. The standard InChI is InChI=1S/C18H18O5/c1-10(19)22-15-9-13-8-14(21)16(12-6-4-3-5-7-12)17(13)18(15)23-11(2)20/h3-7,13,15,18H,8-9H2,1-2H3/t13-,15+,18-/m1/s1. The summed E-state index contributed by atoms with van der Waals surface area (Å²) in [5, 5.41) is 0. The molecule has 0 amide bonds. The van der Waals surface area contributed by atoms with Crippen LogP contribution < -0.4 is 0 Å². The number of fused-ring (bicyclic) bond motifs is 1. The molecule has 5 nitrogen and oxygen atoms in total. The van der Waals surface area contributed by atoms with Gasteiger partial charge in [0, 0.05) is 25.8 Å². The Morgan fingerprint density at radius 3 is 2.30 bits per heavy atom. The van der Waals surface area contributed by atoms with E-state index in [1.54, 1.807) is 0 Å².